The van der Waals surface area contributed by atoms with E-state index in [-0.39, 0.29) is 33.3 Å². The molecule has 174 valence electrons. The fraction of sp³-hybridized carbons (Fsp3) is 0.0435. The summed E-state index contributed by atoms with van der Waals surface area (Å²) in [5.41, 5.74) is 1.15. The van der Waals surface area contributed by atoms with Gasteiger partial charge < -0.3 is 15.4 Å². The molecule has 0 aliphatic carbocycles. The number of halogens is 1. The smallest absolute Gasteiger partial charge is 0.330 e. The van der Waals surface area contributed by atoms with Crippen molar-refractivity contribution in [2.45, 2.75) is 11.8 Å². The molecule has 0 radical (unpaired) electrons. The molecule has 0 fully saturated rings. The van der Waals surface area contributed by atoms with E-state index >= 15 is 0 Å². The van der Waals surface area contributed by atoms with Crippen LogP contribution >= 0.6 is 11.6 Å². The minimum absolute atomic E-state index is 0.0978. The van der Waals surface area contributed by atoms with Gasteiger partial charge in [-0.05, 0) is 61.5 Å². The maximum atomic E-state index is 12.9. The highest BCUT2D eigenvalue weighted by Gasteiger charge is 2.18. The SMILES string of the molecule is Cc1c[nH]c(=O)n1-c1cccc(C(=O)Nc2cc(S(=O)(=O)Nc3cccc(Cl)c3)ccc2O)c1. The highest BCUT2D eigenvalue weighted by atomic mass is 35.5. The topological polar surface area (TPSA) is 133 Å². The fourth-order valence-corrected chi connectivity index (χ4v) is 4.57. The highest BCUT2D eigenvalue weighted by molar-refractivity contribution is 7.92. The van der Waals surface area contributed by atoms with Crippen molar-refractivity contribution in [2.24, 2.45) is 0 Å². The number of carbonyl (C=O) groups excluding carboxylic acids is 1. The van der Waals surface area contributed by atoms with E-state index in [1.54, 1.807) is 37.4 Å². The van der Waals surface area contributed by atoms with Crippen LogP contribution < -0.4 is 15.7 Å². The first-order chi connectivity index (χ1) is 16.1. The number of hydrogen-bond donors (Lipinski definition) is 4. The Hall–Kier alpha value is -4.02. The standard InChI is InChI=1S/C23H19ClN4O5S/c1-14-13-25-23(31)28(14)18-7-2-4-15(10-18)22(30)26-20-12-19(8-9-21(20)29)34(32,33)27-17-6-3-5-16(24)11-17/h2-13,27,29H,1H3,(H,25,31)(H,26,30). The number of rotatable bonds is 6. The second-order valence-electron chi connectivity index (χ2n) is 7.37. The molecule has 4 rings (SSSR count). The molecule has 0 saturated carbocycles. The normalized spacial score (nSPS) is 11.2. The number of aromatic amines is 1. The van der Waals surface area contributed by atoms with Crippen LogP contribution in [0.3, 0.4) is 0 Å². The van der Waals surface area contributed by atoms with E-state index in [4.69, 9.17) is 11.6 Å². The van der Waals surface area contributed by atoms with Gasteiger partial charge >= 0.3 is 5.69 Å². The molecule has 1 amide bonds. The summed E-state index contributed by atoms with van der Waals surface area (Å²) in [6.07, 6.45) is 1.55. The summed E-state index contributed by atoms with van der Waals surface area (Å²) in [6.45, 7) is 1.74. The van der Waals surface area contributed by atoms with Gasteiger partial charge in [-0.15, -0.1) is 0 Å². The van der Waals surface area contributed by atoms with Crippen molar-refractivity contribution < 1.29 is 18.3 Å². The van der Waals surface area contributed by atoms with Crippen molar-refractivity contribution in [3.8, 4) is 11.4 Å². The number of aromatic nitrogens is 2. The molecule has 1 heterocycles. The number of aromatic hydroxyl groups is 1. The summed E-state index contributed by atoms with van der Waals surface area (Å²) in [5, 5.41) is 13.1. The predicted molar refractivity (Wildman–Crippen MR) is 129 cm³/mol. The maximum absolute atomic E-state index is 12.9. The molecule has 0 bridgehead atoms. The average molecular weight is 499 g/mol. The Kier molecular flexibility index (Phi) is 6.18. The number of nitrogens with zero attached hydrogens (tertiary/aromatic N) is 1. The van der Waals surface area contributed by atoms with E-state index < -0.39 is 15.9 Å². The van der Waals surface area contributed by atoms with E-state index in [1.165, 1.54) is 41.0 Å². The summed E-state index contributed by atoms with van der Waals surface area (Å²) in [5.74, 6) is -0.917. The number of amides is 1. The number of aryl methyl sites for hydroxylation is 1. The minimum Gasteiger partial charge on any atom is -0.506 e. The van der Waals surface area contributed by atoms with Gasteiger partial charge in [0.25, 0.3) is 15.9 Å². The van der Waals surface area contributed by atoms with Crippen LogP contribution in [0.2, 0.25) is 5.02 Å². The van der Waals surface area contributed by atoms with Crippen molar-refractivity contribution in [1.82, 2.24) is 9.55 Å². The van der Waals surface area contributed by atoms with Crippen molar-refractivity contribution in [2.75, 3.05) is 10.0 Å². The lowest BCUT2D eigenvalue weighted by atomic mass is 10.1. The summed E-state index contributed by atoms with van der Waals surface area (Å²) < 4.78 is 29.4. The number of carbonyl (C=O) groups is 1. The Bertz CT molecular complexity index is 1560. The lowest BCUT2D eigenvalue weighted by Crippen LogP contribution is -2.18. The molecule has 0 spiro atoms. The van der Waals surface area contributed by atoms with E-state index in [1.807, 2.05) is 0 Å². The van der Waals surface area contributed by atoms with Crippen molar-refractivity contribution in [1.29, 1.82) is 0 Å². The first-order valence-corrected chi connectivity index (χ1v) is 11.8. The van der Waals surface area contributed by atoms with Crippen LogP contribution in [0.25, 0.3) is 5.69 Å². The second-order valence-corrected chi connectivity index (χ2v) is 9.49. The molecule has 1 aromatic heterocycles. The van der Waals surface area contributed by atoms with Crippen molar-refractivity contribution in [3.05, 3.63) is 99.7 Å². The number of sulfonamides is 1. The third kappa shape index (κ3) is 4.82. The number of anilines is 2. The number of H-pyrrole nitrogens is 1. The Morgan fingerprint density at radius 2 is 1.82 bits per heavy atom. The van der Waals surface area contributed by atoms with Crippen LogP contribution in [-0.4, -0.2) is 29.0 Å². The van der Waals surface area contributed by atoms with Gasteiger partial charge in [0.15, 0.2) is 0 Å². The molecule has 4 N–H and O–H groups in total. The molecule has 0 aliphatic rings. The number of hydrogen-bond acceptors (Lipinski definition) is 5. The molecule has 9 nitrogen and oxygen atoms in total. The summed E-state index contributed by atoms with van der Waals surface area (Å²) in [7, 11) is -4.03. The van der Waals surface area contributed by atoms with Gasteiger partial charge in [0.2, 0.25) is 0 Å². The molecule has 34 heavy (non-hydrogen) atoms. The average Bonchev–Trinajstić information content (AvgIpc) is 3.12. The number of phenolic OH excluding ortho intramolecular Hbond substituents is 1. The zero-order chi connectivity index (χ0) is 24.5. The van der Waals surface area contributed by atoms with E-state index in [9.17, 15) is 23.1 Å². The summed E-state index contributed by atoms with van der Waals surface area (Å²) in [6, 6.07) is 16.0. The van der Waals surface area contributed by atoms with Crippen LogP contribution in [0.4, 0.5) is 11.4 Å². The van der Waals surface area contributed by atoms with Crippen molar-refractivity contribution >= 4 is 38.9 Å². The summed E-state index contributed by atoms with van der Waals surface area (Å²) in [4.78, 5) is 27.3. The van der Waals surface area contributed by atoms with Gasteiger partial charge in [-0.25, -0.2) is 13.2 Å². The van der Waals surface area contributed by atoms with E-state index in [0.717, 1.165) is 6.07 Å². The molecule has 0 unspecified atom stereocenters. The zero-order valence-corrected chi connectivity index (χ0v) is 19.3. The largest absolute Gasteiger partial charge is 0.506 e. The predicted octanol–water partition coefficient (Wildman–Crippen LogP) is 3.89. The van der Waals surface area contributed by atoms with Gasteiger partial charge in [-0.1, -0.05) is 23.7 Å². The number of imidazole rings is 1. The molecule has 4 aromatic rings. The Morgan fingerprint density at radius 1 is 1.06 bits per heavy atom. The fourth-order valence-electron chi connectivity index (χ4n) is 3.31. The van der Waals surface area contributed by atoms with Gasteiger partial charge in [0.1, 0.15) is 5.75 Å². The Balaban J connectivity index is 1.60. The minimum atomic E-state index is -4.03. The van der Waals surface area contributed by atoms with Gasteiger partial charge in [0, 0.05) is 22.5 Å². The highest BCUT2D eigenvalue weighted by Crippen LogP contribution is 2.28. The molecule has 0 atom stereocenters. The van der Waals surface area contributed by atoms with Gasteiger partial charge in [0.05, 0.1) is 22.0 Å². The van der Waals surface area contributed by atoms with E-state index in [2.05, 4.69) is 15.0 Å². The maximum Gasteiger partial charge on any atom is 0.330 e. The van der Waals surface area contributed by atoms with E-state index in [0.29, 0.717) is 16.4 Å². The molecular formula is C23H19ClN4O5S. The van der Waals surface area contributed by atoms with Crippen LogP contribution in [0.15, 0.2) is 82.6 Å². The third-order valence-corrected chi connectivity index (χ3v) is 6.54. The second kappa shape index (κ2) is 9.08. The molecule has 11 heteroatoms. The van der Waals surface area contributed by atoms with Gasteiger partial charge in [-0.3, -0.25) is 14.1 Å². The van der Waals surface area contributed by atoms with Crippen LogP contribution in [0.5, 0.6) is 5.75 Å². The Labute approximate surface area is 199 Å². The van der Waals surface area contributed by atoms with Gasteiger partial charge in [-0.2, -0.15) is 0 Å². The lowest BCUT2D eigenvalue weighted by Gasteiger charge is -2.12. The summed E-state index contributed by atoms with van der Waals surface area (Å²) >= 11 is 5.91. The molecular weight excluding hydrogens is 480 g/mol. The molecule has 3 aromatic carbocycles. The first-order valence-electron chi connectivity index (χ1n) is 9.94. The third-order valence-electron chi connectivity index (χ3n) is 4.93. The molecule has 0 saturated heterocycles. The number of nitrogens with one attached hydrogen (secondary N) is 3. The van der Waals surface area contributed by atoms with Crippen LogP contribution in [-0.2, 0) is 10.0 Å². The monoisotopic (exact) mass is 498 g/mol. The first kappa shape index (κ1) is 23.1. The van der Waals surface area contributed by atoms with Crippen LogP contribution in [0.1, 0.15) is 16.1 Å². The quantitative estimate of drug-likeness (QED) is 0.299. The van der Waals surface area contributed by atoms with Crippen molar-refractivity contribution in [3.63, 3.8) is 0 Å². The molecule has 0 aliphatic heterocycles. The number of benzene rings is 3. The lowest BCUT2D eigenvalue weighted by molar-refractivity contribution is 0.102. The number of phenols is 1. The Morgan fingerprint density at radius 3 is 2.53 bits per heavy atom. The zero-order valence-electron chi connectivity index (χ0n) is 17.7. The van der Waals surface area contributed by atoms with Crippen LogP contribution in [0, 0.1) is 6.92 Å².